The number of hydrogen-bond donors (Lipinski definition) is 1. The van der Waals surface area contributed by atoms with E-state index in [1.54, 1.807) is 0 Å². The Kier molecular flexibility index (Phi) is 2.67. The van der Waals surface area contributed by atoms with E-state index in [0.29, 0.717) is 11.8 Å². The molecule has 0 radical (unpaired) electrons. The number of nitrogens with one attached hydrogen (secondary N) is 1. The lowest BCUT2D eigenvalue weighted by atomic mass is 10.4. The summed E-state index contributed by atoms with van der Waals surface area (Å²) in [6.07, 6.45) is 2.44. The Hall–Kier alpha value is -1.10. The number of anilines is 1. The molecule has 6 heteroatoms. The molecule has 0 spiro atoms. The highest BCUT2D eigenvalue weighted by Gasteiger charge is 2.29. The Morgan fingerprint density at radius 2 is 2.36 bits per heavy atom. The third-order valence-electron chi connectivity index (χ3n) is 1.94. The first-order valence-corrected chi connectivity index (χ1v) is 5.02. The molecule has 2 rings (SSSR count). The Bertz CT molecular complexity index is 335. The lowest BCUT2D eigenvalue weighted by Gasteiger charge is -1.95. The number of hydrogen-bond acceptors (Lipinski definition) is 4. The van der Waals surface area contributed by atoms with Gasteiger partial charge in [-0.3, -0.25) is 10.1 Å². The van der Waals surface area contributed by atoms with Gasteiger partial charge in [0.05, 0.1) is 0 Å². The topological polar surface area (TPSA) is 68.0 Å². The largest absolute Gasteiger partial charge is 0.408 e. The maximum Gasteiger partial charge on any atom is 0.322 e. The highest BCUT2D eigenvalue weighted by molar-refractivity contribution is 6.19. The van der Waals surface area contributed by atoms with Gasteiger partial charge >= 0.3 is 6.01 Å². The molecule has 0 aromatic carbocycles. The predicted molar refractivity (Wildman–Crippen MR) is 50.2 cm³/mol. The molecule has 1 fully saturated rings. The third kappa shape index (κ3) is 2.23. The highest BCUT2D eigenvalue weighted by Crippen LogP contribution is 2.39. The fraction of sp³-hybridized carbons (Fsp3) is 0.625. The number of halogens is 1. The number of alkyl halides is 1. The van der Waals surface area contributed by atoms with Crippen LogP contribution in [0.4, 0.5) is 6.01 Å². The predicted octanol–water partition coefficient (Wildman–Crippen LogP) is 1.51. The van der Waals surface area contributed by atoms with Gasteiger partial charge in [0.15, 0.2) is 0 Å². The van der Waals surface area contributed by atoms with E-state index in [4.69, 9.17) is 16.0 Å². The molecule has 1 saturated carbocycles. The summed E-state index contributed by atoms with van der Waals surface area (Å²) in [4.78, 5) is 11.1. The van der Waals surface area contributed by atoms with Crippen molar-refractivity contribution in [1.29, 1.82) is 0 Å². The molecule has 0 atom stereocenters. The van der Waals surface area contributed by atoms with Crippen molar-refractivity contribution in [2.24, 2.45) is 0 Å². The fourth-order valence-electron chi connectivity index (χ4n) is 1.05. The van der Waals surface area contributed by atoms with Crippen LogP contribution in [0.15, 0.2) is 4.42 Å². The summed E-state index contributed by atoms with van der Waals surface area (Å²) >= 11 is 5.40. The maximum atomic E-state index is 11.1. The van der Waals surface area contributed by atoms with E-state index in [2.05, 4.69) is 15.5 Å². The number of nitrogens with zero attached hydrogens (tertiary/aromatic N) is 2. The van der Waals surface area contributed by atoms with Gasteiger partial charge in [-0.1, -0.05) is 5.10 Å². The minimum atomic E-state index is -0.203. The second-order valence-electron chi connectivity index (χ2n) is 3.21. The van der Waals surface area contributed by atoms with Gasteiger partial charge in [0.2, 0.25) is 11.8 Å². The summed E-state index contributed by atoms with van der Waals surface area (Å²) in [6, 6.07) is 0.169. The maximum absolute atomic E-state index is 11.1. The van der Waals surface area contributed by atoms with Crippen molar-refractivity contribution >= 4 is 23.5 Å². The van der Waals surface area contributed by atoms with E-state index in [1.807, 2.05) is 0 Å². The number of amides is 1. The molecule has 1 aliphatic rings. The molecule has 1 aromatic heterocycles. The lowest BCUT2D eigenvalue weighted by Crippen LogP contribution is -2.11. The zero-order valence-corrected chi connectivity index (χ0v) is 8.25. The SMILES string of the molecule is O=C(CCCl)Nc1nnc(C2CC2)o1. The quantitative estimate of drug-likeness (QED) is 0.774. The van der Waals surface area contributed by atoms with Crippen molar-refractivity contribution < 1.29 is 9.21 Å². The van der Waals surface area contributed by atoms with Gasteiger partial charge in [-0.05, 0) is 12.8 Å². The number of aromatic nitrogens is 2. The summed E-state index contributed by atoms with van der Waals surface area (Å²) in [5.74, 6) is 1.11. The van der Waals surface area contributed by atoms with E-state index < -0.39 is 0 Å². The van der Waals surface area contributed by atoms with Gasteiger partial charge in [-0.25, -0.2) is 0 Å². The van der Waals surface area contributed by atoms with Crippen molar-refractivity contribution in [3.8, 4) is 0 Å². The summed E-state index contributed by atoms with van der Waals surface area (Å²) in [5, 5.41) is 10.0. The first-order valence-electron chi connectivity index (χ1n) is 4.49. The van der Waals surface area contributed by atoms with Gasteiger partial charge in [0.25, 0.3) is 0 Å². The zero-order valence-electron chi connectivity index (χ0n) is 7.49. The minimum Gasteiger partial charge on any atom is -0.408 e. The van der Waals surface area contributed by atoms with Crippen LogP contribution < -0.4 is 5.32 Å². The first-order chi connectivity index (χ1) is 6.79. The van der Waals surface area contributed by atoms with Crippen LogP contribution in [0.1, 0.15) is 31.1 Å². The average molecular weight is 216 g/mol. The van der Waals surface area contributed by atoms with E-state index in [-0.39, 0.29) is 24.2 Å². The van der Waals surface area contributed by atoms with Crippen molar-refractivity contribution in [2.75, 3.05) is 11.2 Å². The summed E-state index contributed by atoms with van der Waals surface area (Å²) in [5.41, 5.74) is 0. The van der Waals surface area contributed by atoms with Crippen molar-refractivity contribution in [1.82, 2.24) is 10.2 Å². The molecule has 1 amide bonds. The van der Waals surface area contributed by atoms with Gasteiger partial charge in [0.1, 0.15) is 0 Å². The molecular formula is C8H10ClN3O2. The third-order valence-corrected chi connectivity index (χ3v) is 2.12. The molecule has 1 N–H and O–H groups in total. The number of rotatable bonds is 4. The van der Waals surface area contributed by atoms with E-state index in [9.17, 15) is 4.79 Å². The number of carbonyl (C=O) groups is 1. The second-order valence-corrected chi connectivity index (χ2v) is 3.58. The normalized spacial score (nSPS) is 15.5. The molecule has 14 heavy (non-hydrogen) atoms. The Morgan fingerprint density at radius 1 is 1.57 bits per heavy atom. The smallest absolute Gasteiger partial charge is 0.322 e. The molecule has 1 aliphatic carbocycles. The van der Waals surface area contributed by atoms with Gasteiger partial charge in [-0.2, -0.15) is 0 Å². The molecule has 0 aliphatic heterocycles. The van der Waals surface area contributed by atoms with Crippen LogP contribution in [0.5, 0.6) is 0 Å². The van der Waals surface area contributed by atoms with Crippen LogP contribution in [-0.2, 0) is 4.79 Å². The highest BCUT2D eigenvalue weighted by atomic mass is 35.5. The average Bonchev–Trinajstić information content (AvgIpc) is 2.89. The fourth-order valence-corrected chi connectivity index (χ4v) is 1.22. The summed E-state index contributed by atoms with van der Waals surface area (Å²) in [7, 11) is 0. The molecular weight excluding hydrogens is 206 g/mol. The van der Waals surface area contributed by atoms with Crippen LogP contribution in [-0.4, -0.2) is 22.0 Å². The van der Waals surface area contributed by atoms with Crippen LogP contribution in [0.25, 0.3) is 0 Å². The molecule has 5 nitrogen and oxygen atoms in total. The zero-order chi connectivity index (χ0) is 9.97. The monoisotopic (exact) mass is 215 g/mol. The van der Waals surface area contributed by atoms with Gasteiger partial charge < -0.3 is 4.42 Å². The van der Waals surface area contributed by atoms with Crippen molar-refractivity contribution in [3.63, 3.8) is 0 Å². The van der Waals surface area contributed by atoms with E-state index >= 15 is 0 Å². The standard InChI is InChI=1S/C8H10ClN3O2/c9-4-3-6(13)10-8-12-11-7(14-8)5-1-2-5/h5H,1-4H2,(H,10,12,13). The van der Waals surface area contributed by atoms with Crippen LogP contribution in [0.2, 0.25) is 0 Å². The molecule has 1 aromatic rings. The Labute approximate surface area is 85.8 Å². The summed E-state index contributed by atoms with van der Waals surface area (Å²) in [6.45, 7) is 0. The Morgan fingerprint density at radius 3 is 3.00 bits per heavy atom. The molecule has 0 bridgehead atoms. The van der Waals surface area contributed by atoms with E-state index in [1.165, 1.54) is 0 Å². The van der Waals surface area contributed by atoms with Crippen molar-refractivity contribution in [2.45, 2.75) is 25.2 Å². The molecule has 1 heterocycles. The van der Waals surface area contributed by atoms with Gasteiger partial charge in [0, 0.05) is 18.2 Å². The molecule has 0 unspecified atom stereocenters. The molecule has 0 saturated heterocycles. The molecule has 76 valence electrons. The van der Waals surface area contributed by atoms with Crippen LogP contribution >= 0.6 is 11.6 Å². The van der Waals surface area contributed by atoms with E-state index in [0.717, 1.165) is 12.8 Å². The Balaban J connectivity index is 1.92. The first kappa shape index (κ1) is 9.45. The van der Waals surface area contributed by atoms with Crippen LogP contribution in [0, 0.1) is 0 Å². The van der Waals surface area contributed by atoms with Gasteiger partial charge in [-0.15, -0.1) is 16.7 Å². The van der Waals surface area contributed by atoms with Crippen LogP contribution in [0.3, 0.4) is 0 Å². The second kappa shape index (κ2) is 3.96. The number of carbonyl (C=O) groups excluding carboxylic acids is 1. The lowest BCUT2D eigenvalue weighted by molar-refractivity contribution is -0.115. The summed E-state index contributed by atoms with van der Waals surface area (Å²) < 4.78 is 5.23. The van der Waals surface area contributed by atoms with Crippen molar-refractivity contribution in [3.05, 3.63) is 5.89 Å². The minimum absolute atomic E-state index is 0.169.